The van der Waals surface area contributed by atoms with Crippen molar-refractivity contribution in [2.45, 2.75) is 64.7 Å². The van der Waals surface area contributed by atoms with Crippen LogP contribution in [0, 0.1) is 13.8 Å². The molecule has 8 rings (SSSR count). The molecule has 0 saturated heterocycles. The summed E-state index contributed by atoms with van der Waals surface area (Å²) < 4.78 is 93.7. The molecule has 0 aliphatic carbocycles. The molecule has 2 heterocycles. The normalized spacial score (nSPS) is 18.6. The van der Waals surface area contributed by atoms with Crippen molar-refractivity contribution in [3.63, 3.8) is 0 Å². The van der Waals surface area contributed by atoms with Gasteiger partial charge < -0.3 is 18.9 Å². The number of ether oxygens (including phenoxy) is 4. The predicted octanol–water partition coefficient (Wildman–Crippen LogP) is 12.9. The molecule has 0 saturated carbocycles. The van der Waals surface area contributed by atoms with Crippen molar-refractivity contribution in [2.24, 2.45) is 9.98 Å². The standard InChI is InChI=1S/2C24H20F3NO2/c2*1-15-5-3-4-6-21(15)23-28-22(16(2)29-23)19-9-7-17(8-10-19)18-11-13-20(14-12-18)30-24(25,26)27/h2*3-14,16,22H,1-2H3/t2*16-,22-/m10/s1. The molecule has 60 heavy (non-hydrogen) atoms. The molecular weight excluding hydrogens is 783 g/mol. The van der Waals surface area contributed by atoms with Gasteiger partial charge in [-0.05, 0) is 109 Å². The molecule has 2 aliphatic heterocycles. The van der Waals surface area contributed by atoms with Crippen molar-refractivity contribution in [2.75, 3.05) is 0 Å². The van der Waals surface area contributed by atoms with Gasteiger partial charge in [-0.1, -0.05) is 109 Å². The van der Waals surface area contributed by atoms with E-state index in [1.807, 2.05) is 125 Å². The lowest BCUT2D eigenvalue weighted by Crippen LogP contribution is -2.16. The van der Waals surface area contributed by atoms with Crippen molar-refractivity contribution in [3.05, 3.63) is 179 Å². The predicted molar refractivity (Wildman–Crippen MR) is 219 cm³/mol. The summed E-state index contributed by atoms with van der Waals surface area (Å²) in [6, 6.07) is 43.0. The summed E-state index contributed by atoms with van der Waals surface area (Å²) in [6.45, 7) is 8.04. The van der Waals surface area contributed by atoms with Crippen LogP contribution in [0.1, 0.15) is 59.3 Å². The molecule has 0 bridgehead atoms. The maximum Gasteiger partial charge on any atom is 0.573 e. The van der Waals surface area contributed by atoms with Gasteiger partial charge in [-0.15, -0.1) is 26.3 Å². The van der Waals surface area contributed by atoms with Crippen LogP contribution < -0.4 is 9.47 Å². The van der Waals surface area contributed by atoms with E-state index in [1.165, 1.54) is 24.3 Å². The van der Waals surface area contributed by atoms with Crippen molar-refractivity contribution in [1.29, 1.82) is 0 Å². The molecular formula is C48H40F6N2O4. The van der Waals surface area contributed by atoms with Crippen LogP contribution in [0.4, 0.5) is 26.3 Å². The van der Waals surface area contributed by atoms with E-state index < -0.39 is 12.7 Å². The average Bonchev–Trinajstić information content (AvgIpc) is 3.80. The fourth-order valence-corrected chi connectivity index (χ4v) is 7.03. The number of halogens is 6. The number of hydrogen-bond acceptors (Lipinski definition) is 6. The lowest BCUT2D eigenvalue weighted by Gasteiger charge is -2.14. The molecule has 0 N–H and O–H groups in total. The van der Waals surface area contributed by atoms with Crippen molar-refractivity contribution in [1.82, 2.24) is 0 Å². The molecule has 0 fully saturated rings. The van der Waals surface area contributed by atoms with Crippen LogP contribution in [-0.2, 0) is 9.47 Å². The van der Waals surface area contributed by atoms with Gasteiger partial charge in [-0.25, -0.2) is 9.98 Å². The van der Waals surface area contributed by atoms with Crippen LogP contribution in [0.25, 0.3) is 22.3 Å². The molecule has 0 aromatic heterocycles. The Morgan fingerprint density at radius 3 is 1.03 bits per heavy atom. The minimum Gasteiger partial charge on any atom is -0.472 e. The van der Waals surface area contributed by atoms with Gasteiger partial charge in [-0.2, -0.15) is 0 Å². The fourth-order valence-electron chi connectivity index (χ4n) is 7.03. The Hall–Kier alpha value is -6.56. The molecule has 4 atom stereocenters. The molecule has 6 aromatic rings. The van der Waals surface area contributed by atoms with E-state index in [1.54, 1.807) is 24.3 Å². The Morgan fingerprint density at radius 1 is 0.433 bits per heavy atom. The minimum atomic E-state index is -4.69. The first-order valence-corrected chi connectivity index (χ1v) is 19.1. The van der Waals surface area contributed by atoms with E-state index in [2.05, 4.69) is 9.47 Å². The number of aryl methyl sites for hydroxylation is 2. The van der Waals surface area contributed by atoms with Crippen molar-refractivity contribution in [3.8, 4) is 33.8 Å². The molecule has 308 valence electrons. The summed E-state index contributed by atoms with van der Waals surface area (Å²) in [5, 5.41) is 0. The Kier molecular flexibility index (Phi) is 12.0. The van der Waals surface area contributed by atoms with Crippen LogP contribution in [0.5, 0.6) is 11.5 Å². The smallest absolute Gasteiger partial charge is 0.472 e. The minimum absolute atomic E-state index is 0.0933. The number of nitrogens with zero attached hydrogens (tertiary/aromatic N) is 2. The van der Waals surface area contributed by atoms with Crippen LogP contribution in [0.3, 0.4) is 0 Å². The van der Waals surface area contributed by atoms with Crippen LogP contribution in [0.15, 0.2) is 156 Å². The molecule has 6 nitrogen and oxygen atoms in total. The van der Waals surface area contributed by atoms with E-state index >= 15 is 0 Å². The van der Waals surface area contributed by atoms with Crippen LogP contribution in [0.2, 0.25) is 0 Å². The number of hydrogen-bond donors (Lipinski definition) is 0. The first kappa shape index (κ1) is 41.6. The third kappa shape index (κ3) is 10.2. The molecule has 2 aliphatic rings. The van der Waals surface area contributed by atoms with Gasteiger partial charge in [0.1, 0.15) is 35.8 Å². The maximum atomic E-state index is 12.3. The van der Waals surface area contributed by atoms with Gasteiger partial charge in [0.05, 0.1) is 0 Å². The molecule has 0 spiro atoms. The van der Waals surface area contributed by atoms with E-state index in [0.29, 0.717) is 11.8 Å². The number of aliphatic imine (C=N–C) groups is 2. The first-order valence-electron chi connectivity index (χ1n) is 19.1. The third-order valence-corrected chi connectivity index (χ3v) is 10.1. The largest absolute Gasteiger partial charge is 0.573 e. The number of benzene rings is 6. The average molecular weight is 823 g/mol. The molecule has 0 unspecified atom stereocenters. The lowest BCUT2D eigenvalue weighted by atomic mass is 9.99. The second kappa shape index (κ2) is 17.3. The van der Waals surface area contributed by atoms with Crippen LogP contribution in [-0.4, -0.2) is 36.7 Å². The van der Waals surface area contributed by atoms with Gasteiger partial charge in [0.25, 0.3) is 0 Å². The number of alkyl halides is 6. The highest BCUT2D eigenvalue weighted by Gasteiger charge is 2.33. The molecule has 6 aromatic carbocycles. The quantitative estimate of drug-likeness (QED) is 0.143. The van der Waals surface area contributed by atoms with Gasteiger partial charge in [0.15, 0.2) is 0 Å². The topological polar surface area (TPSA) is 61.6 Å². The highest BCUT2D eigenvalue weighted by Crippen LogP contribution is 2.35. The van der Waals surface area contributed by atoms with Gasteiger partial charge in [0, 0.05) is 11.1 Å². The Morgan fingerprint density at radius 2 is 0.733 bits per heavy atom. The van der Waals surface area contributed by atoms with Crippen molar-refractivity contribution < 1.29 is 45.3 Å². The Balaban J connectivity index is 0.000000181. The van der Waals surface area contributed by atoms with E-state index in [9.17, 15) is 26.3 Å². The summed E-state index contributed by atoms with van der Waals surface area (Å²) in [6.07, 6.45) is -9.57. The zero-order valence-corrected chi connectivity index (χ0v) is 33.0. The summed E-state index contributed by atoms with van der Waals surface area (Å²) in [4.78, 5) is 9.58. The van der Waals surface area contributed by atoms with Gasteiger partial charge >= 0.3 is 12.7 Å². The maximum absolute atomic E-state index is 12.3. The summed E-state index contributed by atoms with van der Waals surface area (Å²) in [5.74, 6) is 0.820. The van der Waals surface area contributed by atoms with Crippen molar-refractivity contribution >= 4 is 11.8 Å². The highest BCUT2D eigenvalue weighted by atomic mass is 19.4. The SMILES string of the molecule is Cc1ccccc1C1=N[C@@H](c2ccc(-c3ccc(OC(F)(F)F)cc3)cc2)[C@@H](C)O1.Cc1ccccc1C1=N[C@H](c2ccc(-c3ccc(OC(F)(F)F)cc3)cc2)[C@H](C)O1. The van der Waals surface area contributed by atoms with Gasteiger partial charge in [-0.3, -0.25) is 0 Å². The van der Waals surface area contributed by atoms with E-state index in [0.717, 1.165) is 55.6 Å². The second-order valence-electron chi connectivity index (χ2n) is 14.4. The monoisotopic (exact) mass is 822 g/mol. The van der Waals surface area contributed by atoms with Gasteiger partial charge in [0.2, 0.25) is 11.8 Å². The summed E-state index contributed by atoms with van der Waals surface area (Å²) in [5.41, 5.74) is 9.63. The molecule has 0 amide bonds. The fraction of sp³-hybridized carbons (Fsp3) is 0.208. The zero-order chi connectivity index (χ0) is 42.6. The molecule has 0 radical (unpaired) electrons. The lowest BCUT2D eigenvalue weighted by molar-refractivity contribution is -0.275. The van der Waals surface area contributed by atoms with Crippen LogP contribution >= 0.6 is 0 Å². The number of rotatable bonds is 8. The highest BCUT2D eigenvalue weighted by molar-refractivity contribution is 5.97. The molecule has 12 heteroatoms. The second-order valence-corrected chi connectivity index (χ2v) is 14.4. The zero-order valence-electron chi connectivity index (χ0n) is 33.0. The first-order chi connectivity index (χ1) is 28.6. The summed E-state index contributed by atoms with van der Waals surface area (Å²) in [7, 11) is 0. The third-order valence-electron chi connectivity index (χ3n) is 10.1. The van der Waals surface area contributed by atoms with E-state index in [4.69, 9.17) is 19.5 Å². The summed E-state index contributed by atoms with van der Waals surface area (Å²) >= 11 is 0. The van der Waals surface area contributed by atoms with E-state index in [-0.39, 0.29) is 35.8 Å². The Bertz CT molecular complexity index is 2290. The Labute approximate surface area is 343 Å².